The van der Waals surface area contributed by atoms with Crippen LogP contribution in [0.2, 0.25) is 0 Å². The van der Waals surface area contributed by atoms with E-state index in [-0.39, 0.29) is 11.2 Å². The predicted octanol–water partition coefficient (Wildman–Crippen LogP) is 3.00. The largest absolute Gasteiger partial charge is 0.369 e. The number of anilines is 1. The van der Waals surface area contributed by atoms with Crippen LogP contribution in [0.3, 0.4) is 0 Å². The summed E-state index contributed by atoms with van der Waals surface area (Å²) in [6.45, 7) is 2.07. The molecule has 3 N–H and O–H groups in total. The number of nitrogens with one attached hydrogen (secondary N) is 1. The van der Waals surface area contributed by atoms with E-state index in [1.807, 2.05) is 24.3 Å². The van der Waals surface area contributed by atoms with Crippen LogP contribution >= 0.6 is 27.7 Å². The van der Waals surface area contributed by atoms with Crippen LogP contribution in [0, 0.1) is 0 Å². The molecule has 0 saturated carbocycles. The van der Waals surface area contributed by atoms with E-state index in [0.717, 1.165) is 28.8 Å². The molecule has 0 aliphatic carbocycles. The molecule has 1 aliphatic rings. The van der Waals surface area contributed by atoms with Crippen LogP contribution < -0.4 is 11.1 Å². The number of hydrogen-bond donors (Lipinski definition) is 2. The van der Waals surface area contributed by atoms with E-state index in [2.05, 4.69) is 28.2 Å². The van der Waals surface area contributed by atoms with Crippen molar-refractivity contribution in [1.29, 1.82) is 0 Å². The van der Waals surface area contributed by atoms with E-state index in [4.69, 9.17) is 5.73 Å². The number of hydrogen-bond acceptors (Lipinski definition) is 3. The Morgan fingerprint density at radius 2 is 2.28 bits per heavy atom. The fourth-order valence-electron chi connectivity index (χ4n) is 2.31. The zero-order chi connectivity index (χ0) is 13.2. The summed E-state index contributed by atoms with van der Waals surface area (Å²) in [7, 11) is 0. The molecule has 1 fully saturated rings. The van der Waals surface area contributed by atoms with Crippen molar-refractivity contribution in [3.8, 4) is 0 Å². The summed E-state index contributed by atoms with van der Waals surface area (Å²) in [5.74, 6) is 0.825. The van der Waals surface area contributed by atoms with Crippen LogP contribution in [0.1, 0.15) is 19.8 Å². The molecule has 1 aromatic carbocycles. The van der Waals surface area contributed by atoms with Crippen molar-refractivity contribution in [2.24, 2.45) is 5.73 Å². The molecule has 1 aromatic rings. The number of halogens is 1. The fourth-order valence-corrected chi connectivity index (χ4v) is 3.93. The van der Waals surface area contributed by atoms with Crippen molar-refractivity contribution in [1.82, 2.24) is 0 Å². The van der Waals surface area contributed by atoms with E-state index >= 15 is 0 Å². The minimum Gasteiger partial charge on any atom is -0.369 e. The minimum atomic E-state index is -0.646. The molecule has 1 aliphatic heterocycles. The number of nitrogens with two attached hydrogens (primary N) is 1. The van der Waals surface area contributed by atoms with Crippen molar-refractivity contribution in [3.63, 3.8) is 0 Å². The van der Waals surface area contributed by atoms with Gasteiger partial charge < -0.3 is 11.1 Å². The smallest absolute Gasteiger partial charge is 0.244 e. The lowest BCUT2D eigenvalue weighted by Gasteiger charge is -2.41. The van der Waals surface area contributed by atoms with E-state index in [0.29, 0.717) is 0 Å². The first-order chi connectivity index (χ1) is 8.56. The number of amides is 1. The first-order valence-electron chi connectivity index (χ1n) is 6.00. The number of benzene rings is 1. The zero-order valence-corrected chi connectivity index (χ0v) is 12.7. The van der Waals surface area contributed by atoms with E-state index in [1.54, 1.807) is 11.8 Å². The molecule has 1 heterocycles. The highest BCUT2D eigenvalue weighted by Gasteiger charge is 2.44. The van der Waals surface area contributed by atoms with Crippen LogP contribution in [-0.4, -0.2) is 22.4 Å². The quantitative estimate of drug-likeness (QED) is 0.896. The third kappa shape index (κ3) is 2.52. The van der Waals surface area contributed by atoms with Gasteiger partial charge in [0.05, 0.1) is 0 Å². The highest BCUT2D eigenvalue weighted by molar-refractivity contribution is 9.10. The molecule has 0 bridgehead atoms. The van der Waals surface area contributed by atoms with Crippen molar-refractivity contribution in [2.45, 2.75) is 30.6 Å². The van der Waals surface area contributed by atoms with E-state index in [9.17, 15) is 4.79 Å². The number of carbonyl (C=O) groups is 1. The van der Waals surface area contributed by atoms with Gasteiger partial charge in [-0.15, -0.1) is 0 Å². The summed E-state index contributed by atoms with van der Waals surface area (Å²) in [5, 5.41) is 3.55. The summed E-state index contributed by atoms with van der Waals surface area (Å²) in [5.41, 5.74) is 5.94. The summed E-state index contributed by atoms with van der Waals surface area (Å²) in [6, 6.07) is 7.81. The molecule has 3 nitrogen and oxygen atoms in total. The number of para-hydroxylation sites is 1. The van der Waals surface area contributed by atoms with Gasteiger partial charge in [-0.1, -0.05) is 19.1 Å². The topological polar surface area (TPSA) is 55.1 Å². The first-order valence-corrected chi connectivity index (χ1v) is 7.84. The maximum Gasteiger partial charge on any atom is 0.244 e. The molecule has 5 heteroatoms. The summed E-state index contributed by atoms with van der Waals surface area (Å²) < 4.78 is 0.952. The molecule has 0 radical (unpaired) electrons. The van der Waals surface area contributed by atoms with Gasteiger partial charge in [0.15, 0.2) is 0 Å². The van der Waals surface area contributed by atoms with Crippen molar-refractivity contribution in [2.75, 3.05) is 11.1 Å². The predicted molar refractivity (Wildman–Crippen MR) is 80.8 cm³/mol. The minimum absolute atomic E-state index is 0.177. The molecule has 0 spiro atoms. The molecule has 1 saturated heterocycles. The van der Waals surface area contributed by atoms with Crippen molar-refractivity contribution in [3.05, 3.63) is 28.7 Å². The second-order valence-corrected chi connectivity index (χ2v) is 6.86. The molecule has 18 heavy (non-hydrogen) atoms. The summed E-state index contributed by atoms with van der Waals surface area (Å²) >= 11 is 5.29. The number of carbonyl (C=O) groups excluding carboxylic acids is 1. The van der Waals surface area contributed by atoms with Gasteiger partial charge in [-0.2, -0.15) is 11.8 Å². The molecule has 2 atom stereocenters. The normalized spacial score (nSPS) is 27.8. The third-order valence-corrected chi connectivity index (χ3v) is 5.57. The highest BCUT2D eigenvalue weighted by Crippen LogP contribution is 2.38. The average molecular weight is 329 g/mol. The van der Waals surface area contributed by atoms with Gasteiger partial charge in [0.2, 0.25) is 5.91 Å². The lowest BCUT2D eigenvalue weighted by atomic mass is 9.88. The van der Waals surface area contributed by atoms with Gasteiger partial charge >= 0.3 is 0 Å². The molecule has 1 amide bonds. The van der Waals surface area contributed by atoms with Crippen LogP contribution in [0.25, 0.3) is 0 Å². The standard InChI is InChI=1S/C13H17BrN2OS/c1-9-13(12(15)17,7-4-8-18-9)16-11-6-3-2-5-10(11)14/h2-3,5-6,9,16H,4,7-8H2,1H3,(H2,15,17). The molecule has 0 aromatic heterocycles. The Kier molecular flexibility index (Phi) is 4.22. The lowest BCUT2D eigenvalue weighted by Crippen LogP contribution is -2.58. The third-order valence-electron chi connectivity index (χ3n) is 3.45. The maximum absolute atomic E-state index is 11.9. The van der Waals surface area contributed by atoms with Gasteiger partial charge in [-0.05, 0) is 46.7 Å². The second-order valence-electron chi connectivity index (χ2n) is 4.56. The molecular formula is C13H17BrN2OS. The Morgan fingerprint density at radius 1 is 1.56 bits per heavy atom. The fraction of sp³-hybridized carbons (Fsp3) is 0.462. The highest BCUT2D eigenvalue weighted by atomic mass is 79.9. The lowest BCUT2D eigenvalue weighted by molar-refractivity contribution is -0.122. The van der Waals surface area contributed by atoms with Gasteiger partial charge in [-0.3, -0.25) is 4.79 Å². The van der Waals surface area contributed by atoms with Crippen LogP contribution in [0.4, 0.5) is 5.69 Å². The Hall–Kier alpha value is -0.680. The maximum atomic E-state index is 11.9. The van der Waals surface area contributed by atoms with Crippen LogP contribution in [0.15, 0.2) is 28.7 Å². The molecule has 2 rings (SSSR count). The van der Waals surface area contributed by atoms with Gasteiger partial charge in [0.1, 0.15) is 5.54 Å². The van der Waals surface area contributed by atoms with E-state index < -0.39 is 5.54 Å². The Labute approximate surface area is 120 Å². The average Bonchev–Trinajstić information content (AvgIpc) is 2.34. The molecule has 2 unspecified atom stereocenters. The number of thioether (sulfide) groups is 1. The SMILES string of the molecule is CC1SCCCC1(Nc1ccccc1Br)C(N)=O. The van der Waals surface area contributed by atoms with Gasteiger partial charge in [0.25, 0.3) is 0 Å². The Morgan fingerprint density at radius 3 is 2.89 bits per heavy atom. The van der Waals surface area contributed by atoms with Crippen molar-refractivity contribution < 1.29 is 4.79 Å². The summed E-state index contributed by atoms with van der Waals surface area (Å²) in [4.78, 5) is 11.9. The second kappa shape index (κ2) is 5.53. The van der Waals surface area contributed by atoms with Gasteiger partial charge in [0, 0.05) is 15.4 Å². The Bertz CT molecular complexity index is 454. The van der Waals surface area contributed by atoms with E-state index in [1.165, 1.54) is 0 Å². The Balaban J connectivity index is 2.32. The molecule has 98 valence electrons. The number of rotatable bonds is 3. The first kappa shape index (κ1) is 13.7. The molecular weight excluding hydrogens is 312 g/mol. The zero-order valence-electron chi connectivity index (χ0n) is 10.3. The van der Waals surface area contributed by atoms with Crippen LogP contribution in [0.5, 0.6) is 0 Å². The van der Waals surface area contributed by atoms with Crippen molar-refractivity contribution >= 4 is 39.3 Å². The number of primary amides is 1. The van der Waals surface area contributed by atoms with Crippen LogP contribution in [-0.2, 0) is 4.79 Å². The summed E-state index contributed by atoms with van der Waals surface area (Å²) in [6.07, 6.45) is 1.80. The van der Waals surface area contributed by atoms with Gasteiger partial charge in [-0.25, -0.2) is 0 Å². The monoisotopic (exact) mass is 328 g/mol.